The minimum absolute atomic E-state index is 0.0386. The Morgan fingerprint density at radius 2 is 1.93 bits per heavy atom. The van der Waals surface area contributed by atoms with Crippen LogP contribution in [-0.2, 0) is 15.9 Å². The van der Waals surface area contributed by atoms with Gasteiger partial charge in [0.15, 0.2) is 11.6 Å². The summed E-state index contributed by atoms with van der Waals surface area (Å²) in [5.74, 6) is -1.05. The van der Waals surface area contributed by atoms with Gasteiger partial charge in [-0.2, -0.15) is 0 Å². The molecule has 1 aromatic carbocycles. The van der Waals surface area contributed by atoms with Crippen LogP contribution in [0.1, 0.15) is 0 Å². The van der Waals surface area contributed by atoms with Gasteiger partial charge in [-0.1, -0.05) is 23.4 Å². The lowest BCUT2D eigenvalue weighted by Gasteiger charge is -2.30. The van der Waals surface area contributed by atoms with E-state index in [1.54, 1.807) is 0 Å². The smallest absolute Gasteiger partial charge is 0.414 e. The molecule has 2 heterocycles. The lowest BCUT2D eigenvalue weighted by atomic mass is 10.2. The number of hydrogen-bond acceptors (Lipinski definition) is 5. The van der Waals surface area contributed by atoms with Crippen molar-refractivity contribution in [1.82, 2.24) is 5.32 Å². The number of hydrogen-bond donors (Lipinski definition) is 1. The molecule has 1 aromatic rings. The number of carbonyl (C=O) groups excluding carboxylic acids is 1. The molecule has 0 aliphatic carbocycles. The Balaban J connectivity index is 1.70. The second kappa shape index (κ2) is 8.70. The minimum Gasteiger partial charge on any atom is -0.616 e. The van der Waals surface area contributed by atoms with Gasteiger partial charge in [-0.25, -0.2) is 22.4 Å². The fourth-order valence-corrected chi connectivity index (χ4v) is 4.14. The van der Waals surface area contributed by atoms with Crippen LogP contribution >= 0.6 is 12.2 Å². The first-order valence-corrected chi connectivity index (χ1v) is 10.3. The second-order valence-electron chi connectivity index (χ2n) is 6.26. The molecule has 1 atom stereocenters. The van der Waals surface area contributed by atoms with Gasteiger partial charge in [-0.15, -0.1) is 0 Å². The summed E-state index contributed by atoms with van der Waals surface area (Å²) in [4.78, 5) is 13.9. The largest absolute Gasteiger partial charge is 0.616 e. The van der Waals surface area contributed by atoms with Crippen LogP contribution in [0, 0.1) is 11.6 Å². The van der Waals surface area contributed by atoms with Gasteiger partial charge in [0.1, 0.15) is 28.3 Å². The predicted octanol–water partition coefficient (Wildman–Crippen LogP) is 2.04. The van der Waals surface area contributed by atoms with E-state index in [0.717, 1.165) is 17.0 Å². The number of cyclic esters (lactones) is 1. The van der Waals surface area contributed by atoms with Crippen LogP contribution in [0.15, 0.2) is 12.1 Å². The molecule has 2 aliphatic rings. The molecule has 1 N–H and O–H groups in total. The zero-order chi connectivity index (χ0) is 20.4. The van der Waals surface area contributed by atoms with E-state index in [0.29, 0.717) is 11.5 Å². The molecule has 2 saturated heterocycles. The molecular formula is C16H17F4N3O3S2. The average molecular weight is 439 g/mol. The van der Waals surface area contributed by atoms with E-state index in [1.165, 1.54) is 4.90 Å². The molecule has 2 aliphatic heterocycles. The summed E-state index contributed by atoms with van der Waals surface area (Å²) in [7, 11) is 0. The van der Waals surface area contributed by atoms with Gasteiger partial charge in [0.25, 0.3) is 6.43 Å². The number of alkyl halides is 2. The van der Waals surface area contributed by atoms with Crippen molar-refractivity contribution in [2.45, 2.75) is 12.5 Å². The number of nitrogens with zero attached hydrogens (tertiary/aromatic N) is 2. The molecule has 1 amide bonds. The standard InChI is InChI=1S/C16H17F4N3O3S2/c17-11-5-9(6-12(18)13(11)22-1-3-28(25)4-2-22)23-8-10(26-16(23)24)7-21-15(27)14(19)20/h5-6,10,14H,1-4,7-8H2,(H,21,27)/t10-/m0/s1. The van der Waals surface area contributed by atoms with Crippen molar-refractivity contribution in [2.75, 3.05) is 47.5 Å². The van der Waals surface area contributed by atoms with Crippen LogP contribution in [0.4, 0.5) is 33.7 Å². The molecular weight excluding hydrogens is 422 g/mol. The van der Waals surface area contributed by atoms with E-state index in [-0.39, 0.29) is 37.6 Å². The number of ether oxygens (including phenoxy) is 1. The molecule has 6 nitrogen and oxygen atoms in total. The first kappa shape index (κ1) is 20.9. The summed E-state index contributed by atoms with van der Waals surface area (Å²) in [5.41, 5.74) is -0.267. The molecule has 28 heavy (non-hydrogen) atoms. The maximum absolute atomic E-state index is 14.6. The number of thiocarbonyl (C=S) groups is 1. The molecule has 3 rings (SSSR count). The highest BCUT2D eigenvalue weighted by Gasteiger charge is 2.34. The van der Waals surface area contributed by atoms with Gasteiger partial charge in [-0.3, -0.25) is 4.90 Å². The zero-order valence-corrected chi connectivity index (χ0v) is 16.1. The van der Waals surface area contributed by atoms with E-state index in [9.17, 15) is 26.9 Å². The topological polar surface area (TPSA) is 67.9 Å². The maximum Gasteiger partial charge on any atom is 0.414 e. The number of anilines is 2. The molecule has 0 aromatic heterocycles. The molecule has 12 heteroatoms. The Morgan fingerprint density at radius 1 is 1.32 bits per heavy atom. The van der Waals surface area contributed by atoms with Crippen molar-refractivity contribution in [3.63, 3.8) is 0 Å². The molecule has 0 spiro atoms. The number of halogens is 4. The fraction of sp³-hybridized carbons (Fsp3) is 0.500. The quantitative estimate of drug-likeness (QED) is 0.430. The van der Waals surface area contributed by atoms with Crippen LogP contribution in [0.3, 0.4) is 0 Å². The minimum atomic E-state index is -2.83. The highest BCUT2D eigenvalue weighted by Crippen LogP contribution is 2.31. The Labute approximate surface area is 167 Å². The van der Waals surface area contributed by atoms with Crippen LogP contribution in [-0.4, -0.2) is 65.8 Å². The molecule has 2 fully saturated rings. The van der Waals surface area contributed by atoms with Crippen molar-refractivity contribution < 1.29 is 31.6 Å². The third kappa shape index (κ3) is 4.61. The monoisotopic (exact) mass is 439 g/mol. The summed E-state index contributed by atoms with van der Waals surface area (Å²) in [6, 6.07) is 2.04. The molecule has 0 bridgehead atoms. The van der Waals surface area contributed by atoms with E-state index in [4.69, 9.17) is 4.74 Å². The lowest BCUT2D eigenvalue weighted by molar-refractivity contribution is 0.142. The number of benzene rings is 1. The lowest BCUT2D eigenvalue weighted by Crippen LogP contribution is -2.41. The molecule has 0 saturated carbocycles. The Bertz CT molecular complexity index is 740. The van der Waals surface area contributed by atoms with Gasteiger partial charge < -0.3 is 19.5 Å². The Hall–Kier alpha value is -1.79. The van der Waals surface area contributed by atoms with Gasteiger partial charge in [0.05, 0.1) is 31.9 Å². The molecule has 154 valence electrons. The van der Waals surface area contributed by atoms with Crippen LogP contribution < -0.4 is 15.1 Å². The Kier molecular flexibility index (Phi) is 6.50. The third-order valence-electron chi connectivity index (χ3n) is 4.38. The summed E-state index contributed by atoms with van der Waals surface area (Å²) < 4.78 is 70.4. The summed E-state index contributed by atoms with van der Waals surface area (Å²) >= 11 is 3.46. The zero-order valence-electron chi connectivity index (χ0n) is 14.5. The van der Waals surface area contributed by atoms with E-state index < -0.39 is 46.4 Å². The summed E-state index contributed by atoms with van der Waals surface area (Å²) in [5, 5.41) is 2.29. The van der Waals surface area contributed by atoms with Gasteiger partial charge in [0, 0.05) is 12.1 Å². The molecule has 0 unspecified atom stereocenters. The SMILES string of the molecule is O=C1O[C@@H](CNC(=S)C(F)F)CN1c1cc(F)c(N2CC[S+]([O-])CC2)c(F)c1. The number of carbonyl (C=O) groups is 1. The van der Waals surface area contributed by atoms with Gasteiger partial charge >= 0.3 is 6.09 Å². The van der Waals surface area contributed by atoms with Crippen molar-refractivity contribution in [3.8, 4) is 0 Å². The predicted molar refractivity (Wildman–Crippen MR) is 101 cm³/mol. The maximum atomic E-state index is 14.6. The van der Waals surface area contributed by atoms with Crippen molar-refractivity contribution >= 4 is 45.9 Å². The van der Waals surface area contributed by atoms with Crippen LogP contribution in [0.2, 0.25) is 0 Å². The van der Waals surface area contributed by atoms with Crippen molar-refractivity contribution in [1.29, 1.82) is 0 Å². The first-order valence-electron chi connectivity index (χ1n) is 8.39. The number of nitrogens with one attached hydrogen (secondary N) is 1. The van der Waals surface area contributed by atoms with Crippen LogP contribution in [0.5, 0.6) is 0 Å². The van der Waals surface area contributed by atoms with Gasteiger partial charge in [0.2, 0.25) is 0 Å². The van der Waals surface area contributed by atoms with Gasteiger partial charge in [-0.05, 0) is 0 Å². The summed E-state index contributed by atoms with van der Waals surface area (Å²) in [6.45, 7) is 0.324. The number of amides is 1. The fourth-order valence-electron chi connectivity index (χ4n) is 3.00. The summed E-state index contributed by atoms with van der Waals surface area (Å²) in [6.07, 6.45) is -4.46. The third-order valence-corrected chi connectivity index (χ3v) is 5.98. The highest BCUT2D eigenvalue weighted by atomic mass is 32.2. The second-order valence-corrected chi connectivity index (χ2v) is 8.39. The number of rotatable bonds is 5. The van der Waals surface area contributed by atoms with E-state index in [2.05, 4.69) is 17.5 Å². The normalized spacial score (nSPS) is 20.6. The average Bonchev–Trinajstić information content (AvgIpc) is 3.01. The first-order chi connectivity index (χ1) is 13.3. The van der Waals surface area contributed by atoms with E-state index in [1.807, 2.05) is 0 Å². The molecule has 0 radical (unpaired) electrons. The Morgan fingerprint density at radius 3 is 2.50 bits per heavy atom. The van der Waals surface area contributed by atoms with Crippen molar-refractivity contribution in [2.24, 2.45) is 0 Å². The van der Waals surface area contributed by atoms with Crippen LogP contribution in [0.25, 0.3) is 0 Å². The van der Waals surface area contributed by atoms with E-state index >= 15 is 0 Å². The highest BCUT2D eigenvalue weighted by molar-refractivity contribution is 7.91. The van der Waals surface area contributed by atoms with Crippen molar-refractivity contribution in [3.05, 3.63) is 23.8 Å².